The Balaban J connectivity index is 1.81. The van der Waals surface area contributed by atoms with Crippen LogP contribution in [0.2, 0.25) is 0 Å². The topological polar surface area (TPSA) is 73.8 Å². The van der Waals surface area contributed by atoms with E-state index in [0.717, 1.165) is 5.82 Å². The molecule has 5 nitrogen and oxygen atoms in total. The normalized spacial score (nSPS) is 12.2. The van der Waals surface area contributed by atoms with Gasteiger partial charge in [-0.25, -0.2) is 4.39 Å². The van der Waals surface area contributed by atoms with Gasteiger partial charge in [-0.2, -0.15) is 0 Å². The molecule has 0 saturated carbocycles. The molecule has 124 valence electrons. The van der Waals surface area contributed by atoms with E-state index < -0.39 is 11.2 Å². The number of carbonyl (C=O) groups is 1. The van der Waals surface area contributed by atoms with Crippen molar-refractivity contribution in [2.24, 2.45) is 12.8 Å². The highest BCUT2D eigenvalue weighted by Crippen LogP contribution is 2.34. The highest BCUT2D eigenvalue weighted by Gasteiger charge is 2.23. The number of hydrogen-bond acceptors (Lipinski definition) is 5. The van der Waals surface area contributed by atoms with Gasteiger partial charge in [-0.3, -0.25) is 4.79 Å². The van der Waals surface area contributed by atoms with Crippen molar-refractivity contribution in [3.8, 4) is 0 Å². The van der Waals surface area contributed by atoms with Crippen LogP contribution in [0.15, 0.2) is 46.9 Å². The molecule has 0 radical (unpaired) electrons. The summed E-state index contributed by atoms with van der Waals surface area (Å²) >= 11 is 2.87. The third-order valence-corrected chi connectivity index (χ3v) is 5.67. The second kappa shape index (κ2) is 7.14. The number of amides is 1. The van der Waals surface area contributed by atoms with E-state index in [-0.39, 0.29) is 5.82 Å². The number of aromatic nitrogens is 3. The molecule has 0 aliphatic heterocycles. The highest BCUT2D eigenvalue weighted by molar-refractivity contribution is 8.00. The smallest absolute Gasteiger partial charge is 0.235 e. The first-order valence-electron chi connectivity index (χ1n) is 7.16. The van der Waals surface area contributed by atoms with Crippen molar-refractivity contribution in [2.75, 3.05) is 0 Å². The fourth-order valence-electron chi connectivity index (χ4n) is 2.20. The van der Waals surface area contributed by atoms with E-state index in [1.165, 1.54) is 28.8 Å². The van der Waals surface area contributed by atoms with E-state index in [0.29, 0.717) is 17.1 Å². The molecular weight excluding hydrogens is 347 g/mol. The van der Waals surface area contributed by atoms with Gasteiger partial charge < -0.3 is 10.3 Å². The lowest BCUT2D eigenvalue weighted by molar-refractivity contribution is -0.117. The van der Waals surface area contributed by atoms with E-state index in [4.69, 9.17) is 5.73 Å². The minimum Gasteiger partial charge on any atom is -0.368 e. The Labute approximate surface area is 146 Å². The molecule has 1 amide bonds. The van der Waals surface area contributed by atoms with Crippen LogP contribution in [0.5, 0.6) is 0 Å². The molecule has 2 N–H and O–H groups in total. The number of thioether (sulfide) groups is 1. The summed E-state index contributed by atoms with van der Waals surface area (Å²) in [4.78, 5) is 13.0. The number of hydrogen-bond donors (Lipinski definition) is 1. The third kappa shape index (κ3) is 3.65. The summed E-state index contributed by atoms with van der Waals surface area (Å²) in [7, 11) is 1.86. The maximum absolute atomic E-state index is 13.1. The number of halogens is 1. The quantitative estimate of drug-likeness (QED) is 0.684. The van der Waals surface area contributed by atoms with Crippen LogP contribution in [0.1, 0.15) is 21.5 Å². The first-order chi connectivity index (χ1) is 11.5. The fraction of sp³-hybridized carbons (Fsp3) is 0.188. The van der Waals surface area contributed by atoms with Gasteiger partial charge in [0.1, 0.15) is 16.9 Å². The van der Waals surface area contributed by atoms with Crippen LogP contribution in [-0.2, 0) is 18.3 Å². The van der Waals surface area contributed by atoms with Gasteiger partial charge in [-0.15, -0.1) is 21.5 Å². The molecule has 0 fully saturated rings. The maximum atomic E-state index is 13.1. The lowest BCUT2D eigenvalue weighted by atomic mass is 10.1. The van der Waals surface area contributed by atoms with E-state index in [2.05, 4.69) is 10.2 Å². The number of benzene rings is 1. The SMILES string of the molecule is Cn1c(Cc2cccs2)nnc1S[C@H](C(N)=O)c1ccc(F)cc1. The average Bonchev–Trinajstić information content (AvgIpc) is 3.18. The molecule has 0 spiro atoms. The molecule has 2 aromatic heterocycles. The summed E-state index contributed by atoms with van der Waals surface area (Å²) in [5.74, 6) is -0.0550. The minimum absolute atomic E-state index is 0.358. The molecule has 24 heavy (non-hydrogen) atoms. The maximum Gasteiger partial charge on any atom is 0.235 e. The van der Waals surface area contributed by atoms with E-state index in [9.17, 15) is 9.18 Å². The van der Waals surface area contributed by atoms with Crippen molar-refractivity contribution in [1.82, 2.24) is 14.8 Å². The summed E-state index contributed by atoms with van der Waals surface area (Å²) in [6, 6.07) is 9.76. The van der Waals surface area contributed by atoms with Crippen LogP contribution >= 0.6 is 23.1 Å². The Morgan fingerprint density at radius 3 is 2.71 bits per heavy atom. The van der Waals surface area contributed by atoms with Crippen molar-refractivity contribution in [2.45, 2.75) is 16.8 Å². The second-order valence-corrected chi connectivity index (χ2v) is 7.27. The van der Waals surface area contributed by atoms with Crippen LogP contribution in [0.4, 0.5) is 4.39 Å². The first kappa shape index (κ1) is 16.7. The summed E-state index contributed by atoms with van der Waals surface area (Å²) in [6.45, 7) is 0. The zero-order chi connectivity index (χ0) is 17.1. The molecule has 1 atom stereocenters. The molecule has 2 heterocycles. The Morgan fingerprint density at radius 1 is 1.33 bits per heavy atom. The number of rotatable bonds is 6. The van der Waals surface area contributed by atoms with Gasteiger partial charge in [0, 0.05) is 18.3 Å². The van der Waals surface area contributed by atoms with Crippen molar-refractivity contribution in [3.05, 3.63) is 63.9 Å². The third-order valence-electron chi connectivity index (χ3n) is 3.49. The number of nitrogens with two attached hydrogens (primary N) is 1. The monoisotopic (exact) mass is 362 g/mol. The Morgan fingerprint density at radius 2 is 2.08 bits per heavy atom. The summed E-state index contributed by atoms with van der Waals surface area (Å²) < 4.78 is 14.9. The van der Waals surface area contributed by atoms with Crippen LogP contribution in [-0.4, -0.2) is 20.7 Å². The number of carbonyl (C=O) groups excluding carboxylic acids is 1. The summed E-state index contributed by atoms with van der Waals surface area (Å²) in [5.41, 5.74) is 6.15. The minimum atomic E-state index is -0.650. The van der Waals surface area contributed by atoms with Gasteiger partial charge in [-0.05, 0) is 29.1 Å². The summed E-state index contributed by atoms with van der Waals surface area (Å²) in [5, 5.41) is 10.3. The zero-order valence-corrected chi connectivity index (χ0v) is 14.5. The predicted molar refractivity (Wildman–Crippen MR) is 92.3 cm³/mol. The van der Waals surface area contributed by atoms with Crippen LogP contribution in [0, 0.1) is 5.82 Å². The van der Waals surface area contributed by atoms with E-state index in [1.807, 2.05) is 29.1 Å². The summed E-state index contributed by atoms with van der Waals surface area (Å²) in [6.07, 6.45) is 0.680. The lowest BCUT2D eigenvalue weighted by Gasteiger charge is -2.13. The highest BCUT2D eigenvalue weighted by atomic mass is 32.2. The Kier molecular flexibility index (Phi) is 4.96. The Hall–Kier alpha value is -2.19. The van der Waals surface area contributed by atoms with Gasteiger partial charge in [0.15, 0.2) is 5.16 Å². The van der Waals surface area contributed by atoms with E-state index in [1.54, 1.807) is 23.5 Å². The van der Waals surface area contributed by atoms with Crippen molar-refractivity contribution in [3.63, 3.8) is 0 Å². The molecule has 3 aromatic rings. The lowest BCUT2D eigenvalue weighted by Crippen LogP contribution is -2.19. The molecule has 0 bridgehead atoms. The van der Waals surface area contributed by atoms with Gasteiger partial charge in [0.25, 0.3) is 0 Å². The van der Waals surface area contributed by atoms with Gasteiger partial charge in [0.2, 0.25) is 5.91 Å². The van der Waals surface area contributed by atoms with Crippen LogP contribution in [0.25, 0.3) is 0 Å². The largest absolute Gasteiger partial charge is 0.368 e. The van der Waals surface area contributed by atoms with Crippen molar-refractivity contribution >= 4 is 29.0 Å². The molecule has 3 rings (SSSR count). The van der Waals surface area contributed by atoms with Crippen molar-refractivity contribution in [1.29, 1.82) is 0 Å². The van der Waals surface area contributed by atoms with Crippen molar-refractivity contribution < 1.29 is 9.18 Å². The molecular formula is C16H15FN4OS2. The van der Waals surface area contributed by atoms with Gasteiger partial charge in [-0.1, -0.05) is 30.0 Å². The molecule has 0 unspecified atom stereocenters. The standard InChI is InChI=1S/C16H15FN4OS2/c1-21-13(9-12-3-2-8-23-12)19-20-16(21)24-14(15(18)22)10-4-6-11(17)7-5-10/h2-8,14H,9H2,1H3,(H2,18,22)/t14-/m0/s1. The molecule has 0 aliphatic carbocycles. The average molecular weight is 362 g/mol. The first-order valence-corrected chi connectivity index (χ1v) is 8.92. The molecule has 0 saturated heterocycles. The second-order valence-electron chi connectivity index (χ2n) is 5.17. The predicted octanol–water partition coefficient (Wildman–Crippen LogP) is 2.93. The number of primary amides is 1. The van der Waals surface area contributed by atoms with E-state index >= 15 is 0 Å². The number of thiophene rings is 1. The number of nitrogens with zero attached hydrogens (tertiary/aromatic N) is 3. The fourth-order valence-corrected chi connectivity index (χ4v) is 3.88. The van der Waals surface area contributed by atoms with Gasteiger partial charge >= 0.3 is 0 Å². The van der Waals surface area contributed by atoms with Crippen LogP contribution < -0.4 is 5.73 Å². The van der Waals surface area contributed by atoms with Gasteiger partial charge in [0.05, 0.1) is 0 Å². The zero-order valence-electron chi connectivity index (χ0n) is 12.8. The molecule has 8 heteroatoms. The van der Waals surface area contributed by atoms with Crippen LogP contribution in [0.3, 0.4) is 0 Å². The molecule has 1 aromatic carbocycles. The Bertz CT molecular complexity index is 830. The molecule has 0 aliphatic rings.